The smallest absolute Gasteiger partial charge is 0.317 e. The van der Waals surface area contributed by atoms with Crippen molar-refractivity contribution in [2.75, 3.05) is 6.61 Å². The third kappa shape index (κ3) is 4.46. The summed E-state index contributed by atoms with van der Waals surface area (Å²) in [7, 11) is 0. The number of amides is 1. The van der Waals surface area contributed by atoms with Crippen LogP contribution in [-0.2, 0) is 9.53 Å². The zero-order valence-corrected chi connectivity index (χ0v) is 13.9. The molecule has 0 aliphatic carbocycles. The van der Waals surface area contributed by atoms with E-state index in [-0.39, 0.29) is 0 Å². The number of nitrogens with zero attached hydrogens (tertiary/aromatic N) is 2. The molecule has 0 saturated carbocycles. The van der Waals surface area contributed by atoms with Crippen molar-refractivity contribution in [3.8, 4) is 5.75 Å². The molecule has 27 heavy (non-hydrogen) atoms. The standard InChI is InChI=1S/C14H17N3O10/c1-6(19)15-11-13(21)12(20)10(5-18)27-14(11)26-9-3-2-7(16(22)23)4-8(9)17(24)25/h2-4,10-14,18,20-21H,5H2,1H3,(H,15,19)/t10?,11?,12-,13+,14-/m1/s1. The van der Waals surface area contributed by atoms with Crippen LogP contribution in [0.2, 0.25) is 0 Å². The van der Waals surface area contributed by atoms with Crippen molar-refractivity contribution in [2.45, 2.75) is 37.6 Å². The van der Waals surface area contributed by atoms with E-state index >= 15 is 0 Å². The van der Waals surface area contributed by atoms with E-state index in [2.05, 4.69) is 5.32 Å². The molecule has 13 heteroatoms. The molecule has 1 aliphatic rings. The van der Waals surface area contributed by atoms with Crippen LogP contribution in [0.5, 0.6) is 5.75 Å². The zero-order chi connectivity index (χ0) is 20.3. The van der Waals surface area contributed by atoms with Crippen molar-refractivity contribution in [3.63, 3.8) is 0 Å². The number of ether oxygens (including phenoxy) is 2. The molecule has 1 amide bonds. The summed E-state index contributed by atoms with van der Waals surface area (Å²) in [5.41, 5.74) is -1.28. The van der Waals surface area contributed by atoms with E-state index < -0.39 is 70.1 Å². The highest BCUT2D eigenvalue weighted by molar-refractivity contribution is 5.73. The van der Waals surface area contributed by atoms with Gasteiger partial charge in [-0.05, 0) is 6.07 Å². The molecule has 0 radical (unpaired) electrons. The first-order valence-corrected chi connectivity index (χ1v) is 7.64. The minimum Gasteiger partial charge on any atom is -0.455 e. The van der Waals surface area contributed by atoms with Crippen LogP contribution in [-0.4, -0.2) is 68.3 Å². The Morgan fingerprint density at radius 3 is 2.44 bits per heavy atom. The Labute approximate surface area is 151 Å². The third-order valence-corrected chi connectivity index (χ3v) is 3.84. The Hall–Kier alpha value is -2.87. The van der Waals surface area contributed by atoms with Crippen molar-refractivity contribution in [1.29, 1.82) is 0 Å². The second-order valence-electron chi connectivity index (χ2n) is 5.72. The summed E-state index contributed by atoms with van der Waals surface area (Å²) in [6.45, 7) is 0.426. The van der Waals surface area contributed by atoms with Gasteiger partial charge in [-0.15, -0.1) is 0 Å². The van der Waals surface area contributed by atoms with Crippen molar-refractivity contribution in [2.24, 2.45) is 0 Å². The fraction of sp³-hybridized carbons (Fsp3) is 0.500. The van der Waals surface area contributed by atoms with Gasteiger partial charge >= 0.3 is 5.69 Å². The molecule has 2 rings (SSSR count). The normalized spacial score (nSPS) is 27.6. The van der Waals surface area contributed by atoms with Crippen LogP contribution in [0.3, 0.4) is 0 Å². The molecule has 1 aromatic rings. The van der Waals surface area contributed by atoms with Gasteiger partial charge in [0.2, 0.25) is 17.9 Å². The first-order valence-electron chi connectivity index (χ1n) is 7.64. The molecule has 1 aliphatic heterocycles. The molecule has 0 spiro atoms. The lowest BCUT2D eigenvalue weighted by Crippen LogP contribution is -2.65. The van der Waals surface area contributed by atoms with E-state index in [0.29, 0.717) is 6.07 Å². The van der Waals surface area contributed by atoms with E-state index in [1.807, 2.05) is 0 Å². The Morgan fingerprint density at radius 1 is 1.26 bits per heavy atom. The maximum absolute atomic E-state index is 11.4. The van der Waals surface area contributed by atoms with Crippen molar-refractivity contribution in [1.82, 2.24) is 5.32 Å². The summed E-state index contributed by atoms with van der Waals surface area (Å²) in [5, 5.41) is 53.6. The maximum Gasteiger partial charge on any atom is 0.317 e. The molecule has 5 atom stereocenters. The molecule has 1 saturated heterocycles. The second kappa shape index (κ2) is 8.22. The lowest BCUT2D eigenvalue weighted by Gasteiger charge is -2.41. The number of carbonyl (C=O) groups excluding carboxylic acids is 1. The minimum atomic E-state index is -1.61. The molecular weight excluding hydrogens is 370 g/mol. The topological polar surface area (TPSA) is 195 Å². The van der Waals surface area contributed by atoms with Gasteiger partial charge in [0.25, 0.3) is 5.69 Å². The van der Waals surface area contributed by atoms with Gasteiger partial charge in [-0.3, -0.25) is 25.0 Å². The number of non-ortho nitro benzene ring substituents is 1. The van der Waals surface area contributed by atoms with Crippen molar-refractivity contribution < 1.29 is 39.4 Å². The van der Waals surface area contributed by atoms with Crippen LogP contribution in [0.1, 0.15) is 6.92 Å². The fourth-order valence-corrected chi connectivity index (χ4v) is 2.56. The van der Waals surface area contributed by atoms with Gasteiger partial charge in [0.15, 0.2) is 0 Å². The predicted molar refractivity (Wildman–Crippen MR) is 85.7 cm³/mol. The van der Waals surface area contributed by atoms with E-state index in [0.717, 1.165) is 19.1 Å². The minimum absolute atomic E-state index is 0.425. The average molecular weight is 387 g/mol. The van der Waals surface area contributed by atoms with E-state index in [1.165, 1.54) is 0 Å². The van der Waals surface area contributed by atoms with Crippen LogP contribution >= 0.6 is 0 Å². The summed E-state index contributed by atoms with van der Waals surface area (Å²) in [4.78, 5) is 31.6. The number of benzene rings is 1. The number of nitrogens with one attached hydrogen (secondary N) is 1. The molecule has 1 heterocycles. The Balaban J connectivity index is 2.37. The quantitative estimate of drug-likeness (QED) is 0.341. The van der Waals surface area contributed by atoms with Crippen LogP contribution in [0.15, 0.2) is 18.2 Å². The molecular formula is C14H17N3O10. The number of hydrogen-bond acceptors (Lipinski definition) is 10. The van der Waals surface area contributed by atoms with E-state index in [9.17, 15) is 40.3 Å². The lowest BCUT2D eigenvalue weighted by molar-refractivity contribution is -0.395. The van der Waals surface area contributed by atoms with Gasteiger partial charge in [0, 0.05) is 13.0 Å². The Kier molecular flexibility index (Phi) is 6.22. The van der Waals surface area contributed by atoms with Crippen molar-refractivity contribution >= 4 is 17.3 Å². The fourth-order valence-electron chi connectivity index (χ4n) is 2.56. The summed E-state index contributed by atoms with van der Waals surface area (Å²) >= 11 is 0. The monoisotopic (exact) mass is 387 g/mol. The highest BCUT2D eigenvalue weighted by atomic mass is 16.7. The molecule has 13 nitrogen and oxygen atoms in total. The lowest BCUT2D eigenvalue weighted by atomic mass is 9.97. The highest BCUT2D eigenvalue weighted by Gasteiger charge is 2.46. The molecule has 2 unspecified atom stereocenters. The van der Waals surface area contributed by atoms with Gasteiger partial charge in [0.1, 0.15) is 24.4 Å². The Morgan fingerprint density at radius 2 is 1.93 bits per heavy atom. The van der Waals surface area contributed by atoms with E-state index in [1.54, 1.807) is 0 Å². The first kappa shape index (κ1) is 20.4. The number of rotatable bonds is 6. The molecule has 148 valence electrons. The SMILES string of the molecule is CC(=O)NC1[C@H](Oc2ccc([N+](=O)[O-])cc2[N+](=O)[O-])OC(CO)[C@@H](O)[C@H]1O. The molecule has 1 aromatic carbocycles. The van der Waals surface area contributed by atoms with Crippen LogP contribution in [0.25, 0.3) is 0 Å². The zero-order valence-electron chi connectivity index (χ0n) is 13.9. The van der Waals surface area contributed by atoms with Gasteiger partial charge in [-0.25, -0.2) is 0 Å². The summed E-state index contributed by atoms with van der Waals surface area (Å²) in [6, 6.07) is 1.29. The molecule has 1 fully saturated rings. The number of aliphatic hydroxyl groups excluding tert-OH is 3. The summed E-state index contributed by atoms with van der Waals surface area (Å²) in [6.07, 6.45) is -5.97. The third-order valence-electron chi connectivity index (χ3n) is 3.84. The maximum atomic E-state index is 11.4. The van der Waals surface area contributed by atoms with E-state index in [4.69, 9.17) is 9.47 Å². The van der Waals surface area contributed by atoms with Gasteiger partial charge < -0.3 is 30.1 Å². The van der Waals surface area contributed by atoms with Crippen LogP contribution in [0, 0.1) is 20.2 Å². The van der Waals surface area contributed by atoms with Gasteiger partial charge in [-0.1, -0.05) is 0 Å². The second-order valence-corrected chi connectivity index (χ2v) is 5.72. The number of carbonyl (C=O) groups is 1. The van der Waals surface area contributed by atoms with Crippen molar-refractivity contribution in [3.05, 3.63) is 38.4 Å². The van der Waals surface area contributed by atoms with Gasteiger partial charge in [-0.2, -0.15) is 0 Å². The largest absolute Gasteiger partial charge is 0.455 e. The predicted octanol–water partition coefficient (Wildman–Crippen LogP) is -1.17. The summed E-state index contributed by atoms with van der Waals surface area (Å²) < 4.78 is 10.7. The van der Waals surface area contributed by atoms with Gasteiger partial charge in [0.05, 0.1) is 22.5 Å². The number of hydrogen-bond donors (Lipinski definition) is 4. The van der Waals surface area contributed by atoms with Crippen LogP contribution < -0.4 is 10.1 Å². The number of nitro groups is 2. The number of aliphatic hydroxyl groups is 3. The molecule has 0 bridgehead atoms. The molecule has 4 N–H and O–H groups in total. The summed E-state index contributed by atoms with van der Waals surface area (Å²) in [5.74, 6) is -1.03. The molecule has 0 aromatic heterocycles. The first-order chi connectivity index (χ1) is 12.6. The number of nitro benzene ring substituents is 2. The van der Waals surface area contributed by atoms with Crippen LogP contribution in [0.4, 0.5) is 11.4 Å². The average Bonchev–Trinajstić information content (AvgIpc) is 2.60. The Bertz CT molecular complexity index is 742. The highest BCUT2D eigenvalue weighted by Crippen LogP contribution is 2.33.